The van der Waals surface area contributed by atoms with Crippen LogP contribution in [0.4, 0.5) is 0 Å². The molecule has 0 bridgehead atoms. The summed E-state index contributed by atoms with van der Waals surface area (Å²) in [6.45, 7) is 0.332. The molecule has 0 spiro atoms. The molecule has 1 aromatic carbocycles. The predicted octanol–water partition coefficient (Wildman–Crippen LogP) is 3.71. The largest absolute Gasteiger partial charge is 0.486 e. The lowest BCUT2D eigenvalue weighted by molar-refractivity contribution is 0.270. The third kappa shape index (κ3) is 4.14. The van der Waals surface area contributed by atoms with Crippen molar-refractivity contribution in [2.75, 3.05) is 6.26 Å². The quantitative estimate of drug-likeness (QED) is 0.502. The van der Waals surface area contributed by atoms with E-state index in [1.807, 2.05) is 30.5 Å². The Morgan fingerprint density at radius 1 is 1.30 bits per heavy atom. The summed E-state index contributed by atoms with van der Waals surface area (Å²) in [5.41, 5.74) is 0. The van der Waals surface area contributed by atoms with Gasteiger partial charge in [0.1, 0.15) is 30.2 Å². The van der Waals surface area contributed by atoms with E-state index in [9.17, 15) is 0 Å². The van der Waals surface area contributed by atoms with Crippen molar-refractivity contribution >= 4 is 29.6 Å². The van der Waals surface area contributed by atoms with Crippen LogP contribution in [0, 0.1) is 0 Å². The molecule has 0 radical (unpaired) electrons. The standard InChI is InChI=1S/C15H13ClN4O2S/c1-23-15-19-17-10-20(15)18-8-13-6-7-14(22-13)9-21-12-4-2-11(16)3-5-12/h2-8,10H,9H2,1H3/b18-8-. The molecule has 0 amide bonds. The number of nitrogens with zero attached hydrogens (tertiary/aromatic N) is 4. The second-order valence-corrected chi connectivity index (χ2v) is 5.66. The van der Waals surface area contributed by atoms with Gasteiger partial charge in [-0.3, -0.25) is 0 Å². The molecule has 0 aliphatic heterocycles. The van der Waals surface area contributed by atoms with Crippen LogP contribution in [-0.4, -0.2) is 27.3 Å². The summed E-state index contributed by atoms with van der Waals surface area (Å²) in [4.78, 5) is 0. The zero-order valence-electron chi connectivity index (χ0n) is 12.2. The number of benzene rings is 1. The van der Waals surface area contributed by atoms with Crippen molar-refractivity contribution in [2.45, 2.75) is 11.8 Å². The molecule has 0 aliphatic rings. The van der Waals surface area contributed by atoms with Crippen molar-refractivity contribution in [1.82, 2.24) is 14.9 Å². The van der Waals surface area contributed by atoms with E-state index < -0.39 is 0 Å². The van der Waals surface area contributed by atoms with Crippen LogP contribution >= 0.6 is 23.4 Å². The molecule has 23 heavy (non-hydrogen) atoms. The SMILES string of the molecule is CSc1nncn1/N=C\c1ccc(COc2ccc(Cl)cc2)o1. The molecule has 8 heteroatoms. The van der Waals surface area contributed by atoms with E-state index in [1.165, 1.54) is 18.1 Å². The van der Waals surface area contributed by atoms with E-state index >= 15 is 0 Å². The maximum Gasteiger partial charge on any atom is 0.211 e. The fourth-order valence-corrected chi connectivity index (χ4v) is 2.31. The van der Waals surface area contributed by atoms with Crippen LogP contribution in [0.1, 0.15) is 11.5 Å². The summed E-state index contributed by atoms with van der Waals surface area (Å²) in [7, 11) is 0. The number of ether oxygens (including phenoxy) is 1. The Bertz CT molecular complexity index is 798. The first-order valence-corrected chi connectivity index (χ1v) is 8.30. The lowest BCUT2D eigenvalue weighted by Crippen LogP contribution is -1.93. The van der Waals surface area contributed by atoms with Crippen molar-refractivity contribution in [3.05, 3.63) is 59.3 Å². The smallest absolute Gasteiger partial charge is 0.211 e. The van der Waals surface area contributed by atoms with Crippen LogP contribution in [0.5, 0.6) is 5.75 Å². The zero-order chi connectivity index (χ0) is 16.1. The third-order valence-electron chi connectivity index (χ3n) is 2.87. The van der Waals surface area contributed by atoms with Crippen molar-refractivity contribution in [3.63, 3.8) is 0 Å². The van der Waals surface area contributed by atoms with Crippen LogP contribution < -0.4 is 4.74 Å². The average Bonchev–Trinajstić information content (AvgIpc) is 3.21. The highest BCUT2D eigenvalue weighted by Gasteiger charge is 2.03. The molecule has 0 atom stereocenters. The highest BCUT2D eigenvalue weighted by molar-refractivity contribution is 7.98. The van der Waals surface area contributed by atoms with Gasteiger partial charge in [-0.05, 0) is 42.7 Å². The number of furan rings is 1. The Morgan fingerprint density at radius 2 is 2.13 bits per heavy atom. The first-order valence-electron chi connectivity index (χ1n) is 6.70. The van der Waals surface area contributed by atoms with Gasteiger partial charge in [0.25, 0.3) is 0 Å². The van der Waals surface area contributed by atoms with Gasteiger partial charge in [-0.15, -0.1) is 10.2 Å². The van der Waals surface area contributed by atoms with Gasteiger partial charge in [-0.2, -0.15) is 9.78 Å². The highest BCUT2D eigenvalue weighted by atomic mass is 35.5. The van der Waals surface area contributed by atoms with Gasteiger partial charge in [-0.25, -0.2) is 0 Å². The lowest BCUT2D eigenvalue weighted by Gasteiger charge is -2.03. The monoisotopic (exact) mass is 348 g/mol. The molecule has 0 saturated carbocycles. The number of thioether (sulfide) groups is 1. The summed E-state index contributed by atoms with van der Waals surface area (Å²) in [6, 6.07) is 10.8. The number of aromatic nitrogens is 3. The van der Waals surface area contributed by atoms with E-state index in [0.717, 1.165) is 5.75 Å². The molecule has 3 aromatic rings. The van der Waals surface area contributed by atoms with Gasteiger partial charge in [0, 0.05) is 5.02 Å². The van der Waals surface area contributed by atoms with Crippen LogP contribution in [0.2, 0.25) is 5.02 Å². The molecule has 0 saturated heterocycles. The van der Waals surface area contributed by atoms with Crippen molar-refractivity contribution in [3.8, 4) is 5.75 Å². The molecule has 0 fully saturated rings. The molecule has 3 rings (SSSR count). The first-order chi connectivity index (χ1) is 11.2. The Morgan fingerprint density at radius 3 is 2.91 bits per heavy atom. The summed E-state index contributed by atoms with van der Waals surface area (Å²) in [5.74, 6) is 2.06. The van der Waals surface area contributed by atoms with Crippen LogP contribution in [0.15, 0.2) is 57.4 Å². The maximum atomic E-state index is 5.83. The summed E-state index contributed by atoms with van der Waals surface area (Å²) in [5, 5.41) is 13.3. The Kier molecular flexibility index (Phi) is 4.99. The summed E-state index contributed by atoms with van der Waals surface area (Å²) < 4.78 is 12.8. The number of hydrogen-bond acceptors (Lipinski definition) is 6. The maximum absolute atomic E-state index is 5.83. The topological polar surface area (TPSA) is 65.4 Å². The van der Waals surface area contributed by atoms with Gasteiger partial charge in [0.15, 0.2) is 0 Å². The van der Waals surface area contributed by atoms with Gasteiger partial charge in [-0.1, -0.05) is 23.4 Å². The predicted molar refractivity (Wildman–Crippen MR) is 89.3 cm³/mol. The molecular formula is C15H13ClN4O2S. The van der Waals surface area contributed by atoms with Crippen molar-refractivity contribution in [1.29, 1.82) is 0 Å². The van der Waals surface area contributed by atoms with Crippen LogP contribution in [-0.2, 0) is 6.61 Å². The van der Waals surface area contributed by atoms with E-state index in [-0.39, 0.29) is 0 Å². The van der Waals surface area contributed by atoms with Gasteiger partial charge in [0.05, 0.1) is 6.21 Å². The molecular weight excluding hydrogens is 336 g/mol. The molecule has 2 aromatic heterocycles. The summed E-state index contributed by atoms with van der Waals surface area (Å²) >= 11 is 7.29. The van der Waals surface area contributed by atoms with Gasteiger partial charge in [0.2, 0.25) is 5.16 Å². The second-order valence-electron chi connectivity index (χ2n) is 4.45. The number of rotatable bonds is 6. The first kappa shape index (κ1) is 15.6. The van der Waals surface area contributed by atoms with E-state index in [1.54, 1.807) is 23.0 Å². The number of hydrogen-bond donors (Lipinski definition) is 0. The molecule has 0 aliphatic carbocycles. The highest BCUT2D eigenvalue weighted by Crippen LogP contribution is 2.17. The fraction of sp³-hybridized carbons (Fsp3) is 0.133. The van der Waals surface area contributed by atoms with E-state index in [4.69, 9.17) is 20.8 Å². The van der Waals surface area contributed by atoms with Gasteiger partial charge < -0.3 is 9.15 Å². The Hall–Kier alpha value is -2.25. The molecule has 0 unspecified atom stereocenters. The van der Waals surface area contributed by atoms with Crippen LogP contribution in [0.25, 0.3) is 0 Å². The lowest BCUT2D eigenvalue weighted by atomic mass is 10.3. The third-order valence-corrected chi connectivity index (χ3v) is 3.76. The Balaban J connectivity index is 1.60. The molecule has 6 nitrogen and oxygen atoms in total. The Labute approximate surface area is 142 Å². The van der Waals surface area contributed by atoms with Crippen LogP contribution in [0.3, 0.4) is 0 Å². The normalized spacial score (nSPS) is 11.2. The van der Waals surface area contributed by atoms with Crippen molar-refractivity contribution < 1.29 is 9.15 Å². The molecule has 2 heterocycles. The molecule has 0 N–H and O–H groups in total. The summed E-state index contributed by atoms with van der Waals surface area (Å²) in [6.07, 6.45) is 5.06. The minimum absolute atomic E-state index is 0.332. The van der Waals surface area contributed by atoms with Crippen molar-refractivity contribution in [2.24, 2.45) is 5.10 Å². The van der Waals surface area contributed by atoms with Gasteiger partial charge >= 0.3 is 0 Å². The minimum Gasteiger partial charge on any atom is -0.486 e. The number of halogens is 1. The fourth-order valence-electron chi connectivity index (χ4n) is 1.78. The average molecular weight is 349 g/mol. The second kappa shape index (κ2) is 7.34. The molecule has 118 valence electrons. The van der Waals surface area contributed by atoms with E-state index in [0.29, 0.717) is 28.3 Å². The van der Waals surface area contributed by atoms with E-state index in [2.05, 4.69) is 15.3 Å². The minimum atomic E-state index is 0.332. The zero-order valence-corrected chi connectivity index (χ0v) is 13.8.